The van der Waals surface area contributed by atoms with Gasteiger partial charge in [0.05, 0.1) is 18.9 Å². The van der Waals surface area contributed by atoms with Crippen molar-refractivity contribution >= 4 is 18.1 Å². The summed E-state index contributed by atoms with van der Waals surface area (Å²) in [5.41, 5.74) is 0.306. The van der Waals surface area contributed by atoms with Crippen molar-refractivity contribution < 1.29 is 14.7 Å². The number of carboxylic acids is 1. The molecule has 0 aromatic carbocycles. The molecule has 2 rings (SSSR count). The van der Waals surface area contributed by atoms with Crippen LogP contribution >= 0.6 is 0 Å². The maximum Gasteiger partial charge on any atom is 0.317 e. The summed E-state index contributed by atoms with van der Waals surface area (Å²) in [7, 11) is 0. The minimum atomic E-state index is -0.809. The van der Waals surface area contributed by atoms with Crippen molar-refractivity contribution in [1.82, 2.24) is 14.9 Å². The van der Waals surface area contributed by atoms with E-state index in [-0.39, 0.29) is 12.6 Å². The Hall–Kier alpha value is -2.02. The van der Waals surface area contributed by atoms with Gasteiger partial charge in [0.15, 0.2) is 6.29 Å². The van der Waals surface area contributed by atoms with Crippen LogP contribution in [0.1, 0.15) is 17.4 Å². The van der Waals surface area contributed by atoms with Gasteiger partial charge >= 0.3 is 5.97 Å². The van der Waals surface area contributed by atoms with Gasteiger partial charge in [-0.1, -0.05) is 0 Å². The Kier molecular flexibility index (Phi) is 4.06. The summed E-state index contributed by atoms with van der Waals surface area (Å²) in [6, 6.07) is 0.157. The first-order valence-corrected chi connectivity index (χ1v) is 6.08. The number of aldehydes is 1. The van der Waals surface area contributed by atoms with Gasteiger partial charge in [0, 0.05) is 25.7 Å². The number of carbonyl (C=O) groups excluding carboxylic acids is 1. The first kappa shape index (κ1) is 13.4. The van der Waals surface area contributed by atoms with Crippen LogP contribution in [0.4, 0.5) is 5.82 Å². The topological polar surface area (TPSA) is 86.6 Å². The summed E-state index contributed by atoms with van der Waals surface area (Å²) in [5.74, 6) is -0.0937. The van der Waals surface area contributed by atoms with Crippen LogP contribution in [0.5, 0.6) is 0 Å². The van der Waals surface area contributed by atoms with Crippen molar-refractivity contribution in [1.29, 1.82) is 0 Å². The number of nitrogens with zero attached hydrogens (tertiary/aromatic N) is 4. The van der Waals surface area contributed by atoms with E-state index in [0.29, 0.717) is 37.4 Å². The Morgan fingerprint density at radius 1 is 1.47 bits per heavy atom. The molecule has 0 saturated carbocycles. The largest absolute Gasteiger partial charge is 0.480 e. The zero-order chi connectivity index (χ0) is 13.8. The SMILES string of the molecule is CC1CN(CC(=O)O)CCN1c1cnc(C=O)cn1. The summed E-state index contributed by atoms with van der Waals surface area (Å²) >= 11 is 0. The molecule has 1 saturated heterocycles. The average Bonchev–Trinajstić information content (AvgIpc) is 2.38. The van der Waals surface area contributed by atoms with Gasteiger partial charge in [0.2, 0.25) is 0 Å². The number of hydrogen-bond donors (Lipinski definition) is 1. The maximum atomic E-state index is 10.7. The molecule has 2 heterocycles. The maximum absolute atomic E-state index is 10.7. The molecule has 102 valence electrons. The second-order valence-corrected chi connectivity index (χ2v) is 4.59. The smallest absolute Gasteiger partial charge is 0.317 e. The summed E-state index contributed by atoms with van der Waals surface area (Å²) in [5, 5.41) is 8.78. The Morgan fingerprint density at radius 2 is 2.26 bits per heavy atom. The highest BCUT2D eigenvalue weighted by molar-refractivity contribution is 5.71. The molecule has 7 nitrogen and oxygen atoms in total. The molecule has 1 aliphatic rings. The highest BCUT2D eigenvalue weighted by atomic mass is 16.4. The standard InChI is InChI=1S/C12H16N4O3/c1-9-6-15(7-12(18)19)2-3-16(9)11-5-13-10(8-17)4-14-11/h4-5,8-9H,2-3,6-7H2,1H3,(H,18,19). The fourth-order valence-corrected chi connectivity index (χ4v) is 2.25. The molecule has 1 unspecified atom stereocenters. The van der Waals surface area contributed by atoms with E-state index in [2.05, 4.69) is 14.9 Å². The van der Waals surface area contributed by atoms with Crippen LogP contribution in [0, 0.1) is 0 Å². The Morgan fingerprint density at radius 3 is 2.79 bits per heavy atom. The quantitative estimate of drug-likeness (QED) is 0.759. The third-order valence-electron chi connectivity index (χ3n) is 3.14. The van der Waals surface area contributed by atoms with Crippen molar-refractivity contribution in [2.24, 2.45) is 0 Å². The first-order valence-electron chi connectivity index (χ1n) is 6.08. The predicted octanol–water partition coefficient (Wildman–Crippen LogP) is -0.116. The normalized spacial score (nSPS) is 20.3. The lowest BCUT2D eigenvalue weighted by atomic mass is 10.2. The molecule has 1 atom stereocenters. The van der Waals surface area contributed by atoms with Gasteiger partial charge in [-0.25, -0.2) is 9.97 Å². The lowest BCUT2D eigenvalue weighted by Crippen LogP contribution is -2.53. The average molecular weight is 264 g/mol. The zero-order valence-corrected chi connectivity index (χ0v) is 10.7. The van der Waals surface area contributed by atoms with Crippen LogP contribution in [0.2, 0.25) is 0 Å². The van der Waals surface area contributed by atoms with Gasteiger partial charge < -0.3 is 10.0 Å². The molecular weight excluding hydrogens is 248 g/mol. The second kappa shape index (κ2) is 5.75. The minimum Gasteiger partial charge on any atom is -0.480 e. The summed E-state index contributed by atoms with van der Waals surface area (Å²) in [4.78, 5) is 33.4. The van der Waals surface area contributed by atoms with E-state index < -0.39 is 5.97 Å². The van der Waals surface area contributed by atoms with Gasteiger partial charge in [-0.3, -0.25) is 14.5 Å². The Balaban J connectivity index is 2.02. The van der Waals surface area contributed by atoms with Crippen molar-refractivity contribution in [3.05, 3.63) is 18.1 Å². The Labute approximate surface area is 110 Å². The number of aliphatic carboxylic acids is 1. The van der Waals surface area contributed by atoms with Crippen LogP contribution in [-0.2, 0) is 4.79 Å². The Bertz CT molecular complexity index is 463. The van der Waals surface area contributed by atoms with Crippen molar-refractivity contribution in [3.8, 4) is 0 Å². The molecule has 0 aliphatic carbocycles. The third kappa shape index (κ3) is 3.25. The predicted molar refractivity (Wildman–Crippen MR) is 68.3 cm³/mol. The number of carboxylic acid groups (broad SMARTS) is 1. The molecule has 1 N–H and O–H groups in total. The van der Waals surface area contributed by atoms with Gasteiger partial charge in [0.1, 0.15) is 11.5 Å². The second-order valence-electron chi connectivity index (χ2n) is 4.59. The van der Waals surface area contributed by atoms with Crippen LogP contribution in [0.15, 0.2) is 12.4 Å². The molecule has 0 bridgehead atoms. The van der Waals surface area contributed by atoms with Crippen molar-refractivity contribution in [2.45, 2.75) is 13.0 Å². The molecule has 0 amide bonds. The van der Waals surface area contributed by atoms with Crippen molar-refractivity contribution in [3.63, 3.8) is 0 Å². The molecule has 0 spiro atoms. The van der Waals surface area contributed by atoms with Crippen molar-refractivity contribution in [2.75, 3.05) is 31.1 Å². The van der Waals surface area contributed by atoms with Crippen LogP contribution in [-0.4, -0.2) is 64.5 Å². The number of aromatic nitrogens is 2. The summed E-state index contributed by atoms with van der Waals surface area (Å²) in [6.07, 6.45) is 3.68. The van der Waals surface area contributed by atoms with Crippen LogP contribution < -0.4 is 4.90 Å². The van der Waals surface area contributed by atoms with E-state index in [9.17, 15) is 9.59 Å². The summed E-state index contributed by atoms with van der Waals surface area (Å²) in [6.45, 7) is 4.12. The van der Waals surface area contributed by atoms with E-state index >= 15 is 0 Å². The van der Waals surface area contributed by atoms with Gasteiger partial charge in [-0.05, 0) is 6.92 Å². The molecule has 1 aliphatic heterocycles. The molecule has 0 radical (unpaired) electrons. The van der Waals surface area contributed by atoms with E-state index in [1.54, 1.807) is 6.20 Å². The lowest BCUT2D eigenvalue weighted by molar-refractivity contribution is -0.138. The van der Waals surface area contributed by atoms with E-state index in [4.69, 9.17) is 5.11 Å². The van der Waals surface area contributed by atoms with Crippen LogP contribution in [0.25, 0.3) is 0 Å². The van der Waals surface area contributed by atoms with Gasteiger partial charge in [-0.2, -0.15) is 0 Å². The fourth-order valence-electron chi connectivity index (χ4n) is 2.25. The molecule has 1 fully saturated rings. The minimum absolute atomic E-state index is 0.0634. The highest BCUT2D eigenvalue weighted by Crippen LogP contribution is 2.17. The van der Waals surface area contributed by atoms with E-state index in [0.717, 1.165) is 0 Å². The zero-order valence-electron chi connectivity index (χ0n) is 10.7. The van der Waals surface area contributed by atoms with Gasteiger partial charge in [-0.15, -0.1) is 0 Å². The molecule has 1 aromatic heterocycles. The number of carbonyl (C=O) groups is 2. The fraction of sp³-hybridized carbons (Fsp3) is 0.500. The molecule has 7 heteroatoms. The number of anilines is 1. The number of piperazine rings is 1. The van der Waals surface area contributed by atoms with E-state index in [1.165, 1.54) is 6.20 Å². The first-order chi connectivity index (χ1) is 9.10. The summed E-state index contributed by atoms with van der Waals surface area (Å²) < 4.78 is 0. The van der Waals surface area contributed by atoms with Gasteiger partial charge in [0.25, 0.3) is 0 Å². The number of rotatable bonds is 4. The number of hydrogen-bond acceptors (Lipinski definition) is 6. The van der Waals surface area contributed by atoms with Crippen LogP contribution in [0.3, 0.4) is 0 Å². The lowest BCUT2D eigenvalue weighted by Gasteiger charge is -2.39. The van der Waals surface area contributed by atoms with E-state index in [1.807, 2.05) is 11.8 Å². The molecule has 19 heavy (non-hydrogen) atoms. The monoisotopic (exact) mass is 264 g/mol. The molecule has 1 aromatic rings. The highest BCUT2D eigenvalue weighted by Gasteiger charge is 2.25. The third-order valence-corrected chi connectivity index (χ3v) is 3.14. The molecular formula is C12H16N4O3.